The number of nitrogens with zero attached hydrogens (tertiary/aromatic N) is 1. The molecule has 2 spiro atoms. The van der Waals surface area contributed by atoms with E-state index in [1.165, 1.54) is 13.5 Å². The fourth-order valence-corrected chi connectivity index (χ4v) is 8.52. The Bertz CT molecular complexity index is 1050. The maximum Gasteiger partial charge on any atom is 0.408 e. The molecule has 4 fully saturated rings. The summed E-state index contributed by atoms with van der Waals surface area (Å²) in [6, 6.07) is -2.38. The number of rotatable bonds is 6. The average Bonchev–Trinajstić information content (AvgIpc) is 3.08. The second-order valence-corrected chi connectivity index (χ2v) is 15.7. The van der Waals surface area contributed by atoms with Crippen LogP contribution in [0.25, 0.3) is 0 Å². The molecule has 41 heavy (non-hydrogen) atoms. The molecule has 0 bridgehead atoms. The topological polar surface area (TPSA) is 114 Å². The van der Waals surface area contributed by atoms with Crippen LogP contribution in [0, 0.1) is 27.6 Å². The number of esters is 1. The van der Waals surface area contributed by atoms with E-state index < -0.39 is 41.2 Å². The summed E-state index contributed by atoms with van der Waals surface area (Å²) in [5.74, 6) is -1.11. The highest BCUT2D eigenvalue weighted by atomic mass is 16.6. The fraction of sp³-hybridized carbons (Fsp3) is 0.875. The number of nitrogens with one attached hydrogen (secondary N) is 2. The molecule has 232 valence electrons. The van der Waals surface area contributed by atoms with Gasteiger partial charge in [-0.05, 0) is 75.0 Å². The van der Waals surface area contributed by atoms with E-state index in [-0.39, 0.29) is 34.0 Å². The highest BCUT2D eigenvalue weighted by molar-refractivity contribution is 5.94. The van der Waals surface area contributed by atoms with Crippen molar-refractivity contribution in [3.63, 3.8) is 0 Å². The van der Waals surface area contributed by atoms with Crippen LogP contribution in [-0.4, -0.2) is 66.2 Å². The highest BCUT2D eigenvalue weighted by Crippen LogP contribution is 2.88. The van der Waals surface area contributed by atoms with Gasteiger partial charge >= 0.3 is 12.1 Å². The molecule has 4 aliphatic rings. The zero-order valence-electron chi connectivity index (χ0n) is 26.8. The lowest BCUT2D eigenvalue weighted by Crippen LogP contribution is -2.61. The molecule has 1 aliphatic heterocycles. The zero-order valence-corrected chi connectivity index (χ0v) is 26.8. The van der Waals surface area contributed by atoms with E-state index in [0.29, 0.717) is 13.0 Å². The first-order valence-electron chi connectivity index (χ1n) is 15.6. The molecule has 4 rings (SSSR count). The summed E-state index contributed by atoms with van der Waals surface area (Å²) in [5, 5.41) is 5.87. The number of hydrogen-bond acceptors (Lipinski definition) is 6. The molecule has 3 amide bonds. The van der Waals surface area contributed by atoms with Gasteiger partial charge in [0.2, 0.25) is 11.8 Å². The summed E-state index contributed by atoms with van der Waals surface area (Å²) in [5.41, 5.74) is -1.28. The monoisotopic (exact) mass is 575 g/mol. The van der Waals surface area contributed by atoms with Gasteiger partial charge < -0.3 is 25.0 Å². The van der Waals surface area contributed by atoms with Crippen LogP contribution in [-0.2, 0) is 23.9 Å². The first-order valence-corrected chi connectivity index (χ1v) is 15.6. The third kappa shape index (κ3) is 5.47. The van der Waals surface area contributed by atoms with Crippen LogP contribution in [0.5, 0.6) is 0 Å². The van der Waals surface area contributed by atoms with Crippen LogP contribution in [0.3, 0.4) is 0 Å². The Kier molecular flexibility index (Phi) is 8.29. The molecular weight excluding hydrogens is 522 g/mol. The Morgan fingerprint density at radius 1 is 0.878 bits per heavy atom. The van der Waals surface area contributed by atoms with Crippen molar-refractivity contribution in [1.82, 2.24) is 15.5 Å². The minimum Gasteiger partial charge on any atom is -0.467 e. The number of ether oxygens (including phenoxy) is 2. The van der Waals surface area contributed by atoms with Crippen LogP contribution in [0.1, 0.15) is 113 Å². The van der Waals surface area contributed by atoms with E-state index in [4.69, 9.17) is 9.47 Å². The SMILES string of the molecule is COC(=O)C1CC2(CN1C(=O)C(NC(=O)C(NC(=O)OC(C)(C)C)C1CCCCC1)C(C)(C)C)C(C)(C)C21CCC1. The van der Waals surface area contributed by atoms with Gasteiger partial charge in [0.15, 0.2) is 0 Å². The molecule has 4 unspecified atom stereocenters. The zero-order chi connectivity index (χ0) is 30.6. The average molecular weight is 576 g/mol. The number of alkyl carbamates (subject to hydrolysis) is 1. The Balaban J connectivity index is 1.59. The summed E-state index contributed by atoms with van der Waals surface area (Å²) in [4.78, 5) is 55.9. The van der Waals surface area contributed by atoms with Gasteiger partial charge in [0.05, 0.1) is 7.11 Å². The lowest BCUT2D eigenvalue weighted by Gasteiger charge is -2.37. The van der Waals surface area contributed by atoms with Gasteiger partial charge in [-0.25, -0.2) is 9.59 Å². The maximum absolute atomic E-state index is 14.4. The van der Waals surface area contributed by atoms with Crippen LogP contribution < -0.4 is 10.6 Å². The van der Waals surface area contributed by atoms with E-state index in [1.807, 2.05) is 20.8 Å². The first kappa shape index (κ1) is 31.6. The molecule has 4 atom stereocenters. The number of methoxy groups -OCH3 is 1. The summed E-state index contributed by atoms with van der Waals surface area (Å²) < 4.78 is 10.7. The van der Waals surface area contributed by atoms with Gasteiger partial charge in [-0.15, -0.1) is 0 Å². The Labute approximate surface area is 246 Å². The highest BCUT2D eigenvalue weighted by Gasteiger charge is 2.85. The van der Waals surface area contributed by atoms with E-state index in [9.17, 15) is 19.2 Å². The van der Waals surface area contributed by atoms with Crippen molar-refractivity contribution in [2.24, 2.45) is 27.6 Å². The molecule has 0 aromatic carbocycles. The van der Waals surface area contributed by atoms with Gasteiger partial charge in [-0.3, -0.25) is 9.59 Å². The summed E-state index contributed by atoms with van der Waals surface area (Å²) in [7, 11) is 1.37. The molecule has 9 nitrogen and oxygen atoms in total. The largest absolute Gasteiger partial charge is 0.467 e. The molecule has 1 heterocycles. The van der Waals surface area contributed by atoms with Crippen LogP contribution >= 0.6 is 0 Å². The van der Waals surface area contributed by atoms with Gasteiger partial charge in [0.1, 0.15) is 23.7 Å². The molecule has 3 saturated carbocycles. The lowest BCUT2D eigenvalue weighted by molar-refractivity contribution is -0.153. The Morgan fingerprint density at radius 2 is 1.49 bits per heavy atom. The van der Waals surface area contributed by atoms with Crippen LogP contribution in [0.15, 0.2) is 0 Å². The second kappa shape index (κ2) is 10.7. The quantitative estimate of drug-likeness (QED) is 0.433. The third-order valence-electron chi connectivity index (χ3n) is 11.0. The predicted molar refractivity (Wildman–Crippen MR) is 156 cm³/mol. The number of carbonyl (C=O) groups excluding carboxylic acids is 4. The third-order valence-corrected chi connectivity index (χ3v) is 11.0. The van der Waals surface area contributed by atoms with Gasteiger partial charge in [0.25, 0.3) is 0 Å². The summed E-state index contributed by atoms with van der Waals surface area (Å²) in [6.45, 7) is 16.1. The van der Waals surface area contributed by atoms with Crippen molar-refractivity contribution >= 4 is 23.9 Å². The predicted octanol–water partition coefficient (Wildman–Crippen LogP) is 4.96. The van der Waals surface area contributed by atoms with Gasteiger partial charge in [-0.2, -0.15) is 0 Å². The number of likely N-dealkylation sites (tertiary alicyclic amines) is 1. The van der Waals surface area contributed by atoms with Gasteiger partial charge in [0, 0.05) is 12.0 Å². The van der Waals surface area contributed by atoms with Crippen molar-refractivity contribution < 1.29 is 28.7 Å². The Morgan fingerprint density at radius 3 is 1.95 bits per heavy atom. The van der Waals surface area contributed by atoms with Crippen molar-refractivity contribution in [2.75, 3.05) is 13.7 Å². The maximum atomic E-state index is 14.4. The first-order chi connectivity index (χ1) is 18.9. The summed E-state index contributed by atoms with van der Waals surface area (Å²) in [6.07, 6.45) is 8.07. The molecule has 9 heteroatoms. The standard InChI is InChI=1S/C32H53N3O6/c1-28(2,3)23(34-24(36)22(20-14-11-10-12-15-20)33-27(39)41-29(4,5)6)25(37)35-19-32(18-21(35)26(38)40-9)30(7,8)31(32)16-13-17-31/h20-23H,10-19H2,1-9H3,(H,33,39)(H,34,36). The van der Waals surface area contributed by atoms with Crippen LogP contribution in [0.2, 0.25) is 0 Å². The smallest absolute Gasteiger partial charge is 0.408 e. The second-order valence-electron chi connectivity index (χ2n) is 15.7. The van der Waals surface area contributed by atoms with E-state index in [1.54, 1.807) is 25.7 Å². The molecule has 0 aromatic heterocycles. The molecule has 1 saturated heterocycles. The van der Waals surface area contributed by atoms with Crippen molar-refractivity contribution in [3.05, 3.63) is 0 Å². The lowest BCUT2D eigenvalue weighted by atomic mass is 9.73. The summed E-state index contributed by atoms with van der Waals surface area (Å²) >= 11 is 0. The molecule has 2 N–H and O–H groups in total. The van der Waals surface area contributed by atoms with E-state index in [0.717, 1.165) is 44.9 Å². The number of amides is 3. The van der Waals surface area contributed by atoms with Crippen molar-refractivity contribution in [3.8, 4) is 0 Å². The van der Waals surface area contributed by atoms with Crippen LogP contribution in [0.4, 0.5) is 4.79 Å². The van der Waals surface area contributed by atoms with Crippen molar-refractivity contribution in [2.45, 2.75) is 137 Å². The van der Waals surface area contributed by atoms with Gasteiger partial charge in [-0.1, -0.05) is 60.3 Å². The van der Waals surface area contributed by atoms with Crippen molar-refractivity contribution in [1.29, 1.82) is 0 Å². The van der Waals surface area contributed by atoms with E-state index >= 15 is 0 Å². The van der Waals surface area contributed by atoms with E-state index in [2.05, 4.69) is 24.5 Å². The molecule has 3 aliphatic carbocycles. The number of carbonyl (C=O) groups is 4. The normalized spacial score (nSPS) is 28.4. The minimum atomic E-state index is -0.886. The number of hydrogen-bond donors (Lipinski definition) is 2. The molecule has 0 aromatic rings. The minimum absolute atomic E-state index is 0.0312. The Hall–Kier alpha value is -2.32. The number of fused-ring (bicyclic) bond motifs is 1. The molecule has 0 radical (unpaired) electrons. The molecular formula is C32H53N3O6. The fourth-order valence-electron chi connectivity index (χ4n) is 8.52.